The molecule has 1 N–H and O–H groups in total. The number of thioether (sulfide) groups is 1. The van der Waals surface area contributed by atoms with E-state index < -0.39 is 0 Å². The molecule has 5 rings (SSSR count). The third-order valence-electron chi connectivity index (χ3n) is 6.02. The maximum atomic E-state index is 13.3. The van der Waals surface area contributed by atoms with Crippen molar-refractivity contribution in [3.05, 3.63) is 108 Å². The second-order valence-electron chi connectivity index (χ2n) is 8.53. The number of rotatable bonds is 10. The molecule has 0 spiro atoms. The largest absolute Gasteiger partial charge is 0.497 e. The summed E-state index contributed by atoms with van der Waals surface area (Å²) >= 11 is 1.62. The Morgan fingerprint density at radius 1 is 1.00 bits per heavy atom. The molecule has 38 heavy (non-hydrogen) atoms. The molecular weight excluding hydrogens is 498 g/mol. The van der Waals surface area contributed by atoms with Crippen molar-refractivity contribution >= 4 is 17.7 Å². The Bertz CT molecular complexity index is 1520. The van der Waals surface area contributed by atoms with E-state index in [1.807, 2.05) is 77.4 Å². The lowest BCUT2D eigenvalue weighted by molar-refractivity contribution is 0.0948. The molecule has 9 heteroatoms. The van der Waals surface area contributed by atoms with E-state index in [1.165, 1.54) is 5.56 Å². The molecular formula is C29H27N5O3S. The van der Waals surface area contributed by atoms with Crippen LogP contribution in [-0.2, 0) is 13.0 Å². The molecule has 2 heterocycles. The van der Waals surface area contributed by atoms with E-state index in [4.69, 9.17) is 9.26 Å². The van der Waals surface area contributed by atoms with Crippen LogP contribution < -0.4 is 10.1 Å². The summed E-state index contributed by atoms with van der Waals surface area (Å²) < 4.78 is 12.8. The first-order chi connectivity index (χ1) is 18.6. The number of carbonyl (C=O) groups excluding carboxylic acids is 1. The average Bonchev–Trinajstić information content (AvgIpc) is 3.56. The minimum absolute atomic E-state index is 0.168. The summed E-state index contributed by atoms with van der Waals surface area (Å²) in [4.78, 5) is 13.3. The summed E-state index contributed by atoms with van der Waals surface area (Å²) in [7, 11) is 1.63. The first-order valence-electron chi connectivity index (χ1n) is 12.2. The zero-order valence-electron chi connectivity index (χ0n) is 21.1. The van der Waals surface area contributed by atoms with Gasteiger partial charge in [-0.2, -0.15) is 0 Å². The molecule has 0 bridgehead atoms. The van der Waals surface area contributed by atoms with Crippen molar-refractivity contribution in [2.75, 3.05) is 12.9 Å². The molecule has 0 fully saturated rings. The van der Waals surface area contributed by atoms with Crippen molar-refractivity contribution in [1.82, 2.24) is 25.2 Å². The molecule has 3 aromatic carbocycles. The number of aryl methyl sites for hydroxylation is 2. The summed E-state index contributed by atoms with van der Waals surface area (Å²) in [6.45, 7) is 1.90. The number of nitrogens with one attached hydrogen (secondary N) is 1. The van der Waals surface area contributed by atoms with Crippen molar-refractivity contribution in [3.8, 4) is 22.7 Å². The van der Waals surface area contributed by atoms with Gasteiger partial charge in [0.1, 0.15) is 22.8 Å². The number of nitrogens with zero attached hydrogens (tertiary/aromatic N) is 4. The van der Waals surface area contributed by atoms with Crippen LogP contribution in [0.4, 0.5) is 0 Å². The van der Waals surface area contributed by atoms with Gasteiger partial charge in [-0.15, -0.1) is 10.2 Å². The van der Waals surface area contributed by atoms with Crippen LogP contribution in [0.15, 0.2) is 94.6 Å². The van der Waals surface area contributed by atoms with E-state index in [-0.39, 0.29) is 12.5 Å². The van der Waals surface area contributed by atoms with E-state index in [0.717, 1.165) is 34.3 Å². The fraction of sp³-hybridized carbons (Fsp3) is 0.172. The summed E-state index contributed by atoms with van der Waals surface area (Å²) in [5.74, 6) is 2.32. The molecule has 0 atom stereocenters. The van der Waals surface area contributed by atoms with Crippen LogP contribution in [0, 0.1) is 6.92 Å². The number of carbonyl (C=O) groups is 1. The van der Waals surface area contributed by atoms with E-state index in [1.54, 1.807) is 25.8 Å². The van der Waals surface area contributed by atoms with E-state index in [9.17, 15) is 4.79 Å². The standard InChI is InChI=1S/C29H27N5O3S/c1-20-26(27(33-37-20)22-12-7-4-8-13-22)28(35)30-19-25-31-32-29(38-17-16-21-10-5-3-6-11-21)34(25)23-14-9-15-24(18-23)36-2/h3-15,18H,16-17,19H2,1-2H3,(H,30,35). The fourth-order valence-corrected chi connectivity index (χ4v) is 5.06. The van der Waals surface area contributed by atoms with Gasteiger partial charge in [0.15, 0.2) is 11.0 Å². The van der Waals surface area contributed by atoms with Crippen molar-refractivity contribution in [2.45, 2.75) is 25.0 Å². The van der Waals surface area contributed by atoms with Crippen molar-refractivity contribution in [2.24, 2.45) is 0 Å². The maximum Gasteiger partial charge on any atom is 0.257 e. The number of aromatic nitrogens is 4. The topological polar surface area (TPSA) is 95.1 Å². The molecule has 192 valence electrons. The van der Waals surface area contributed by atoms with Gasteiger partial charge in [-0.1, -0.05) is 83.6 Å². The molecule has 0 radical (unpaired) electrons. The van der Waals surface area contributed by atoms with Crippen LogP contribution in [0.5, 0.6) is 5.75 Å². The highest BCUT2D eigenvalue weighted by Gasteiger charge is 2.23. The normalized spacial score (nSPS) is 10.9. The molecule has 0 aliphatic carbocycles. The summed E-state index contributed by atoms with van der Waals surface area (Å²) in [5.41, 5.74) is 3.84. The van der Waals surface area contributed by atoms with E-state index in [2.05, 4.69) is 32.8 Å². The van der Waals surface area contributed by atoms with Crippen molar-refractivity contribution in [3.63, 3.8) is 0 Å². The van der Waals surface area contributed by atoms with E-state index >= 15 is 0 Å². The predicted octanol–water partition coefficient (Wildman–Crippen LogP) is 5.50. The number of methoxy groups -OCH3 is 1. The molecule has 5 aromatic rings. The van der Waals surface area contributed by atoms with Crippen LogP contribution in [-0.4, -0.2) is 38.7 Å². The van der Waals surface area contributed by atoms with Crippen molar-refractivity contribution < 1.29 is 14.1 Å². The van der Waals surface area contributed by atoms with Crippen LogP contribution in [0.1, 0.15) is 27.5 Å². The van der Waals surface area contributed by atoms with Crippen LogP contribution in [0.2, 0.25) is 0 Å². The number of hydrogen-bond donors (Lipinski definition) is 1. The summed E-state index contributed by atoms with van der Waals surface area (Å²) in [5, 5.41) is 16.7. The molecule has 1 amide bonds. The van der Waals surface area contributed by atoms with Gasteiger partial charge < -0.3 is 14.6 Å². The average molecular weight is 526 g/mol. The van der Waals surface area contributed by atoms with Gasteiger partial charge in [0.25, 0.3) is 5.91 Å². The van der Waals surface area contributed by atoms with Crippen LogP contribution >= 0.6 is 11.8 Å². The lowest BCUT2D eigenvalue weighted by atomic mass is 10.1. The van der Waals surface area contributed by atoms with E-state index in [0.29, 0.717) is 22.8 Å². The van der Waals surface area contributed by atoms with Gasteiger partial charge in [-0.25, -0.2) is 0 Å². The maximum absolute atomic E-state index is 13.3. The molecule has 0 saturated heterocycles. The molecule has 0 unspecified atom stereocenters. The van der Waals surface area contributed by atoms with Crippen LogP contribution in [0.3, 0.4) is 0 Å². The van der Waals surface area contributed by atoms with Gasteiger partial charge in [0, 0.05) is 17.4 Å². The molecule has 0 aliphatic heterocycles. The Balaban J connectivity index is 1.38. The highest BCUT2D eigenvalue weighted by molar-refractivity contribution is 7.99. The first kappa shape index (κ1) is 25.3. The monoisotopic (exact) mass is 525 g/mol. The second kappa shape index (κ2) is 11.8. The highest BCUT2D eigenvalue weighted by Crippen LogP contribution is 2.27. The lowest BCUT2D eigenvalue weighted by Crippen LogP contribution is -2.25. The molecule has 8 nitrogen and oxygen atoms in total. The molecule has 0 aliphatic rings. The smallest absolute Gasteiger partial charge is 0.257 e. The van der Waals surface area contributed by atoms with Crippen molar-refractivity contribution in [1.29, 1.82) is 0 Å². The van der Waals surface area contributed by atoms with Gasteiger partial charge >= 0.3 is 0 Å². The molecule has 0 saturated carbocycles. The zero-order valence-corrected chi connectivity index (χ0v) is 21.9. The third kappa shape index (κ3) is 5.63. The number of ether oxygens (including phenoxy) is 1. The minimum atomic E-state index is -0.291. The predicted molar refractivity (Wildman–Crippen MR) is 147 cm³/mol. The number of benzene rings is 3. The van der Waals surface area contributed by atoms with Crippen LogP contribution in [0.25, 0.3) is 16.9 Å². The highest BCUT2D eigenvalue weighted by atomic mass is 32.2. The Morgan fingerprint density at radius 2 is 1.76 bits per heavy atom. The van der Waals surface area contributed by atoms with Gasteiger partial charge in [0.05, 0.1) is 19.3 Å². The Hall–Kier alpha value is -4.37. The SMILES string of the molecule is COc1cccc(-n2c(CNC(=O)c3c(-c4ccccc4)noc3C)nnc2SCCc2ccccc2)c1. The second-order valence-corrected chi connectivity index (χ2v) is 9.59. The first-order valence-corrected chi connectivity index (χ1v) is 13.2. The molecule has 2 aromatic heterocycles. The fourth-order valence-electron chi connectivity index (χ4n) is 4.10. The third-order valence-corrected chi connectivity index (χ3v) is 6.95. The van der Waals surface area contributed by atoms with Gasteiger partial charge in [0.2, 0.25) is 0 Å². The number of hydrogen-bond acceptors (Lipinski definition) is 7. The quantitative estimate of drug-likeness (QED) is 0.240. The minimum Gasteiger partial charge on any atom is -0.497 e. The zero-order chi connectivity index (χ0) is 26.3. The van der Waals surface area contributed by atoms with Gasteiger partial charge in [-0.3, -0.25) is 9.36 Å². The number of amides is 1. The Labute approximate surface area is 225 Å². The Kier molecular flexibility index (Phi) is 7.84. The lowest BCUT2D eigenvalue weighted by Gasteiger charge is -2.12. The van der Waals surface area contributed by atoms with Gasteiger partial charge in [-0.05, 0) is 31.0 Å². The summed E-state index contributed by atoms with van der Waals surface area (Å²) in [6.07, 6.45) is 0.900. The Morgan fingerprint density at radius 3 is 2.53 bits per heavy atom. The summed E-state index contributed by atoms with van der Waals surface area (Å²) in [6, 6.07) is 27.5.